The maximum Gasteiger partial charge on any atom is 0.253 e. The number of carbonyl (C=O) groups excluding carboxylic acids is 1. The highest BCUT2D eigenvalue weighted by Crippen LogP contribution is 2.47. The third kappa shape index (κ3) is 2.31. The van der Waals surface area contributed by atoms with E-state index in [4.69, 9.17) is 9.47 Å². The number of fused-ring (bicyclic) bond motifs is 1. The van der Waals surface area contributed by atoms with E-state index in [0.717, 1.165) is 30.0 Å². The Labute approximate surface area is 125 Å². The van der Waals surface area contributed by atoms with Crippen molar-refractivity contribution in [2.24, 2.45) is 5.41 Å². The van der Waals surface area contributed by atoms with E-state index in [-0.39, 0.29) is 11.3 Å². The maximum atomic E-state index is 12.8. The largest absolute Gasteiger partial charge is 0.493 e. The lowest BCUT2D eigenvalue weighted by Crippen LogP contribution is -2.36. The Kier molecular flexibility index (Phi) is 2.96. The molecule has 1 atom stereocenters. The first-order chi connectivity index (χ1) is 10.2. The van der Waals surface area contributed by atoms with Gasteiger partial charge in [0.2, 0.25) is 0 Å². The highest BCUT2D eigenvalue weighted by molar-refractivity contribution is 5.94. The zero-order valence-corrected chi connectivity index (χ0v) is 12.4. The molecule has 4 rings (SSSR count). The molecule has 0 bridgehead atoms. The monoisotopic (exact) mass is 287 g/mol. The van der Waals surface area contributed by atoms with Crippen molar-refractivity contribution < 1.29 is 14.3 Å². The SMILES string of the molecule is CC1COc2ccc(C(=O)N3CCOCC4(CC4)C3)cc21. The third-order valence-corrected chi connectivity index (χ3v) is 4.96. The summed E-state index contributed by atoms with van der Waals surface area (Å²) in [6.07, 6.45) is 2.37. The second-order valence-electron chi connectivity index (χ2n) is 6.74. The van der Waals surface area contributed by atoms with Crippen LogP contribution in [0.15, 0.2) is 18.2 Å². The van der Waals surface area contributed by atoms with E-state index in [1.165, 1.54) is 12.8 Å². The fourth-order valence-electron chi connectivity index (χ4n) is 3.33. The number of hydrogen-bond donors (Lipinski definition) is 0. The van der Waals surface area contributed by atoms with Crippen molar-refractivity contribution in [3.8, 4) is 5.75 Å². The minimum atomic E-state index is 0.133. The molecule has 2 fully saturated rings. The van der Waals surface area contributed by atoms with Crippen molar-refractivity contribution in [2.75, 3.05) is 32.9 Å². The Hall–Kier alpha value is -1.55. The summed E-state index contributed by atoms with van der Waals surface area (Å²) in [5.74, 6) is 1.43. The van der Waals surface area contributed by atoms with Gasteiger partial charge >= 0.3 is 0 Å². The van der Waals surface area contributed by atoms with Gasteiger partial charge in [0.05, 0.1) is 19.8 Å². The number of hydrogen-bond acceptors (Lipinski definition) is 3. The smallest absolute Gasteiger partial charge is 0.253 e. The molecule has 1 saturated carbocycles. The summed E-state index contributed by atoms with van der Waals surface area (Å²) in [6, 6.07) is 5.85. The topological polar surface area (TPSA) is 38.8 Å². The minimum Gasteiger partial charge on any atom is -0.493 e. The van der Waals surface area contributed by atoms with Crippen molar-refractivity contribution >= 4 is 5.91 Å². The molecule has 4 nitrogen and oxygen atoms in total. The average molecular weight is 287 g/mol. The summed E-state index contributed by atoms with van der Waals surface area (Å²) in [6.45, 7) is 5.86. The quantitative estimate of drug-likeness (QED) is 0.796. The van der Waals surface area contributed by atoms with Crippen LogP contribution in [0.2, 0.25) is 0 Å². The van der Waals surface area contributed by atoms with Gasteiger partial charge in [-0.25, -0.2) is 0 Å². The summed E-state index contributed by atoms with van der Waals surface area (Å²) in [5, 5.41) is 0. The van der Waals surface area contributed by atoms with Crippen LogP contribution in [0.1, 0.15) is 41.6 Å². The van der Waals surface area contributed by atoms with Crippen LogP contribution in [0.4, 0.5) is 0 Å². The van der Waals surface area contributed by atoms with Crippen molar-refractivity contribution in [3.05, 3.63) is 29.3 Å². The Morgan fingerprint density at radius 3 is 3.05 bits per heavy atom. The number of carbonyl (C=O) groups is 1. The number of rotatable bonds is 1. The van der Waals surface area contributed by atoms with E-state index in [1.54, 1.807) is 0 Å². The summed E-state index contributed by atoms with van der Waals surface area (Å²) in [4.78, 5) is 14.8. The van der Waals surface area contributed by atoms with E-state index in [9.17, 15) is 4.79 Å². The predicted molar refractivity (Wildman–Crippen MR) is 78.7 cm³/mol. The van der Waals surface area contributed by atoms with Crippen LogP contribution in [-0.4, -0.2) is 43.7 Å². The lowest BCUT2D eigenvalue weighted by atomic mass is 10.00. The number of ether oxygens (including phenoxy) is 2. The number of nitrogens with zero attached hydrogens (tertiary/aromatic N) is 1. The molecule has 1 unspecified atom stereocenters. The molecule has 1 aromatic rings. The molecule has 3 aliphatic rings. The number of amides is 1. The number of benzene rings is 1. The lowest BCUT2D eigenvalue weighted by molar-refractivity contribution is 0.0735. The molecule has 4 heteroatoms. The fraction of sp³-hybridized carbons (Fsp3) is 0.588. The lowest BCUT2D eigenvalue weighted by Gasteiger charge is -2.23. The molecule has 1 saturated heterocycles. The molecule has 2 heterocycles. The van der Waals surface area contributed by atoms with E-state index in [1.807, 2.05) is 23.1 Å². The highest BCUT2D eigenvalue weighted by atomic mass is 16.5. The van der Waals surface area contributed by atoms with Crippen LogP contribution in [-0.2, 0) is 4.74 Å². The third-order valence-electron chi connectivity index (χ3n) is 4.96. The Balaban J connectivity index is 1.58. The summed E-state index contributed by atoms with van der Waals surface area (Å²) < 4.78 is 11.3. The molecule has 21 heavy (non-hydrogen) atoms. The molecule has 0 N–H and O–H groups in total. The van der Waals surface area contributed by atoms with Gasteiger partial charge in [0, 0.05) is 35.5 Å². The first-order valence-corrected chi connectivity index (χ1v) is 7.81. The summed E-state index contributed by atoms with van der Waals surface area (Å²) in [7, 11) is 0. The molecule has 2 aliphatic heterocycles. The standard InChI is InChI=1S/C17H21NO3/c1-12-9-21-15-3-2-13(8-14(12)15)16(19)18-6-7-20-11-17(10-18)4-5-17/h2-3,8,12H,4-7,9-11H2,1H3. The van der Waals surface area contributed by atoms with Gasteiger partial charge in [-0.2, -0.15) is 0 Å². The van der Waals surface area contributed by atoms with Crippen molar-refractivity contribution in [1.82, 2.24) is 4.90 Å². The van der Waals surface area contributed by atoms with Crippen LogP contribution in [0.25, 0.3) is 0 Å². The van der Waals surface area contributed by atoms with Crippen LogP contribution < -0.4 is 4.74 Å². The van der Waals surface area contributed by atoms with E-state index in [0.29, 0.717) is 25.7 Å². The van der Waals surface area contributed by atoms with Gasteiger partial charge in [-0.05, 0) is 31.0 Å². The van der Waals surface area contributed by atoms with Gasteiger partial charge < -0.3 is 14.4 Å². The van der Waals surface area contributed by atoms with Crippen LogP contribution >= 0.6 is 0 Å². The van der Waals surface area contributed by atoms with Crippen LogP contribution in [0.5, 0.6) is 5.75 Å². The van der Waals surface area contributed by atoms with Gasteiger partial charge in [-0.3, -0.25) is 4.79 Å². The Morgan fingerprint density at radius 2 is 2.24 bits per heavy atom. The van der Waals surface area contributed by atoms with E-state index < -0.39 is 0 Å². The van der Waals surface area contributed by atoms with E-state index in [2.05, 4.69) is 6.92 Å². The van der Waals surface area contributed by atoms with Gasteiger partial charge in [0.25, 0.3) is 5.91 Å². The average Bonchev–Trinajstić information content (AvgIpc) is 3.23. The maximum absolute atomic E-state index is 12.8. The molecule has 1 amide bonds. The Bertz CT molecular complexity index is 579. The van der Waals surface area contributed by atoms with Crippen molar-refractivity contribution in [3.63, 3.8) is 0 Å². The van der Waals surface area contributed by atoms with Gasteiger partial charge in [0.1, 0.15) is 5.75 Å². The normalized spacial score (nSPS) is 26.1. The van der Waals surface area contributed by atoms with Crippen molar-refractivity contribution in [2.45, 2.75) is 25.7 Å². The molecule has 1 spiro atoms. The first kappa shape index (κ1) is 13.1. The predicted octanol–water partition coefficient (Wildman–Crippen LogP) is 2.44. The molecular formula is C17H21NO3. The zero-order valence-electron chi connectivity index (χ0n) is 12.4. The zero-order chi connectivity index (χ0) is 14.4. The second kappa shape index (κ2) is 4.73. The Morgan fingerprint density at radius 1 is 1.38 bits per heavy atom. The van der Waals surface area contributed by atoms with Crippen LogP contribution in [0, 0.1) is 5.41 Å². The molecule has 0 aromatic heterocycles. The van der Waals surface area contributed by atoms with Gasteiger partial charge in [-0.1, -0.05) is 6.92 Å². The molecular weight excluding hydrogens is 266 g/mol. The van der Waals surface area contributed by atoms with E-state index >= 15 is 0 Å². The first-order valence-electron chi connectivity index (χ1n) is 7.81. The minimum absolute atomic E-state index is 0.133. The molecule has 112 valence electrons. The van der Waals surface area contributed by atoms with Crippen LogP contribution in [0.3, 0.4) is 0 Å². The summed E-state index contributed by atoms with van der Waals surface area (Å²) in [5.41, 5.74) is 2.19. The molecule has 1 aliphatic carbocycles. The summed E-state index contributed by atoms with van der Waals surface area (Å²) >= 11 is 0. The van der Waals surface area contributed by atoms with Gasteiger partial charge in [-0.15, -0.1) is 0 Å². The van der Waals surface area contributed by atoms with Gasteiger partial charge in [0.15, 0.2) is 0 Å². The second-order valence-corrected chi connectivity index (χ2v) is 6.74. The molecule has 1 aromatic carbocycles. The van der Waals surface area contributed by atoms with Crippen molar-refractivity contribution in [1.29, 1.82) is 0 Å². The fourth-order valence-corrected chi connectivity index (χ4v) is 3.33. The highest BCUT2D eigenvalue weighted by Gasteiger charge is 2.46. The molecule has 0 radical (unpaired) electrons.